The van der Waals surface area contributed by atoms with E-state index in [0.29, 0.717) is 13.2 Å². The van der Waals surface area contributed by atoms with Crippen molar-refractivity contribution in [1.82, 2.24) is 9.80 Å². The molecule has 0 aromatic heterocycles. The molecule has 2 atom stereocenters. The van der Waals surface area contributed by atoms with E-state index in [2.05, 4.69) is 5.32 Å². The Morgan fingerprint density at radius 1 is 1.07 bits per heavy atom. The third-order valence-electron chi connectivity index (χ3n) is 6.00. The largest absolute Gasteiger partial charge is 0.491 e. The number of amides is 3. The second-order valence-electron chi connectivity index (χ2n) is 8.23. The van der Waals surface area contributed by atoms with Gasteiger partial charge in [-0.2, -0.15) is 0 Å². The van der Waals surface area contributed by atoms with Crippen LogP contribution in [0.3, 0.4) is 0 Å². The Balaban J connectivity index is 1.30. The maximum atomic E-state index is 12.8. The van der Waals surface area contributed by atoms with Gasteiger partial charge in [-0.3, -0.25) is 4.79 Å². The van der Waals surface area contributed by atoms with Gasteiger partial charge in [-0.05, 0) is 50.7 Å². The summed E-state index contributed by atoms with van der Waals surface area (Å²) in [6.45, 7) is 4.26. The van der Waals surface area contributed by atoms with Crippen molar-refractivity contribution in [3.05, 3.63) is 24.3 Å². The van der Waals surface area contributed by atoms with Gasteiger partial charge in [-0.25, -0.2) is 4.79 Å². The van der Waals surface area contributed by atoms with Crippen molar-refractivity contribution in [1.29, 1.82) is 0 Å². The molecule has 3 fully saturated rings. The molecule has 1 aromatic carbocycles. The fourth-order valence-corrected chi connectivity index (χ4v) is 4.35. The van der Waals surface area contributed by atoms with Gasteiger partial charge in [-0.1, -0.05) is 6.07 Å². The Morgan fingerprint density at radius 3 is 2.69 bits per heavy atom. The monoisotopic (exact) mass is 401 g/mol. The van der Waals surface area contributed by atoms with E-state index in [0.717, 1.165) is 76.2 Å². The number of likely N-dealkylation sites (tertiary alicyclic amines) is 2. The zero-order valence-electron chi connectivity index (χ0n) is 17.0. The van der Waals surface area contributed by atoms with E-state index < -0.39 is 0 Å². The average Bonchev–Trinajstić information content (AvgIpc) is 3.46. The van der Waals surface area contributed by atoms with Crippen LogP contribution in [0.15, 0.2) is 24.3 Å². The van der Waals surface area contributed by atoms with Crippen LogP contribution in [0.25, 0.3) is 0 Å². The first kappa shape index (κ1) is 20.0. The van der Waals surface area contributed by atoms with Gasteiger partial charge in [0.25, 0.3) is 0 Å². The number of rotatable bonds is 5. The standard InChI is InChI=1S/C22H31N3O4/c26-21(17-6-4-12-25(15-17)22(27)24-10-1-2-11-24)23-18-7-3-8-19(14-18)29-16-20-9-5-13-28-20/h3,7-8,14,17,20H,1-2,4-6,9-13,15-16H2,(H,23,26)/t17-,20-/m0/s1. The van der Waals surface area contributed by atoms with Gasteiger partial charge in [0.2, 0.25) is 5.91 Å². The molecule has 1 N–H and O–H groups in total. The molecule has 0 bridgehead atoms. The van der Waals surface area contributed by atoms with Gasteiger partial charge in [0.1, 0.15) is 12.4 Å². The van der Waals surface area contributed by atoms with E-state index in [1.54, 1.807) is 0 Å². The number of carbonyl (C=O) groups is 2. The zero-order chi connectivity index (χ0) is 20.1. The van der Waals surface area contributed by atoms with Crippen LogP contribution in [-0.2, 0) is 9.53 Å². The fraction of sp³-hybridized carbons (Fsp3) is 0.636. The third-order valence-corrected chi connectivity index (χ3v) is 6.00. The Bertz CT molecular complexity index is 714. The molecule has 3 aliphatic rings. The molecule has 3 aliphatic heterocycles. The predicted octanol–water partition coefficient (Wildman–Crippen LogP) is 3.11. The highest BCUT2D eigenvalue weighted by molar-refractivity contribution is 5.93. The van der Waals surface area contributed by atoms with E-state index >= 15 is 0 Å². The van der Waals surface area contributed by atoms with Crippen LogP contribution in [0.4, 0.5) is 10.5 Å². The molecule has 29 heavy (non-hydrogen) atoms. The molecular formula is C22H31N3O4. The number of nitrogens with one attached hydrogen (secondary N) is 1. The maximum Gasteiger partial charge on any atom is 0.320 e. The Morgan fingerprint density at radius 2 is 1.90 bits per heavy atom. The van der Waals surface area contributed by atoms with E-state index in [1.807, 2.05) is 34.1 Å². The minimum atomic E-state index is -0.174. The number of benzene rings is 1. The number of anilines is 1. The first-order valence-electron chi connectivity index (χ1n) is 10.9. The van der Waals surface area contributed by atoms with Crippen LogP contribution in [0.2, 0.25) is 0 Å². The Kier molecular flexibility index (Phi) is 6.54. The summed E-state index contributed by atoms with van der Waals surface area (Å²) in [6.07, 6.45) is 6.11. The molecule has 0 spiro atoms. The summed E-state index contributed by atoms with van der Waals surface area (Å²) in [4.78, 5) is 29.2. The Labute approximate surface area is 172 Å². The number of hydrogen-bond donors (Lipinski definition) is 1. The second kappa shape index (κ2) is 9.48. The lowest BCUT2D eigenvalue weighted by Gasteiger charge is -2.34. The van der Waals surface area contributed by atoms with Crippen molar-refractivity contribution in [2.24, 2.45) is 5.92 Å². The first-order valence-corrected chi connectivity index (χ1v) is 10.9. The van der Waals surface area contributed by atoms with Gasteiger partial charge in [0.05, 0.1) is 12.0 Å². The van der Waals surface area contributed by atoms with Gasteiger partial charge < -0.3 is 24.6 Å². The van der Waals surface area contributed by atoms with Crippen LogP contribution in [0.1, 0.15) is 38.5 Å². The highest BCUT2D eigenvalue weighted by atomic mass is 16.5. The number of urea groups is 1. The molecule has 0 saturated carbocycles. The Hall–Kier alpha value is -2.28. The molecule has 7 heteroatoms. The summed E-state index contributed by atoms with van der Waals surface area (Å²) in [5.74, 6) is 0.528. The molecule has 3 heterocycles. The van der Waals surface area contributed by atoms with Gasteiger partial charge >= 0.3 is 6.03 Å². The number of nitrogens with zero attached hydrogens (tertiary/aromatic N) is 2. The number of piperidine rings is 1. The minimum absolute atomic E-state index is 0.0276. The van der Waals surface area contributed by atoms with Crippen LogP contribution in [0.5, 0.6) is 5.75 Å². The van der Waals surface area contributed by atoms with Crippen molar-refractivity contribution in [3.8, 4) is 5.75 Å². The van der Waals surface area contributed by atoms with Crippen molar-refractivity contribution >= 4 is 17.6 Å². The van der Waals surface area contributed by atoms with Gasteiger partial charge in [0.15, 0.2) is 0 Å². The fourth-order valence-electron chi connectivity index (χ4n) is 4.35. The maximum absolute atomic E-state index is 12.8. The predicted molar refractivity (Wildman–Crippen MR) is 110 cm³/mol. The van der Waals surface area contributed by atoms with E-state index in [-0.39, 0.29) is 24.0 Å². The first-order chi connectivity index (χ1) is 14.2. The molecule has 0 aliphatic carbocycles. The summed E-state index contributed by atoms with van der Waals surface area (Å²) < 4.78 is 11.4. The normalized spacial score (nSPS) is 24.6. The van der Waals surface area contributed by atoms with E-state index in [9.17, 15) is 9.59 Å². The molecule has 7 nitrogen and oxygen atoms in total. The quantitative estimate of drug-likeness (QED) is 0.823. The lowest BCUT2D eigenvalue weighted by molar-refractivity contribution is -0.121. The van der Waals surface area contributed by atoms with Crippen molar-refractivity contribution in [2.75, 3.05) is 44.7 Å². The molecule has 158 valence electrons. The number of hydrogen-bond acceptors (Lipinski definition) is 4. The summed E-state index contributed by atoms with van der Waals surface area (Å²) in [5, 5.41) is 3.01. The lowest BCUT2D eigenvalue weighted by Crippen LogP contribution is -2.48. The molecule has 0 unspecified atom stereocenters. The topological polar surface area (TPSA) is 71.1 Å². The number of carbonyl (C=O) groups excluding carboxylic acids is 2. The summed E-state index contributed by atoms with van der Waals surface area (Å²) in [7, 11) is 0. The average molecular weight is 402 g/mol. The zero-order valence-corrected chi connectivity index (χ0v) is 17.0. The van der Waals surface area contributed by atoms with Crippen LogP contribution in [-0.4, -0.2) is 67.2 Å². The highest BCUT2D eigenvalue weighted by Crippen LogP contribution is 2.23. The van der Waals surface area contributed by atoms with Crippen LogP contribution >= 0.6 is 0 Å². The van der Waals surface area contributed by atoms with E-state index in [1.165, 1.54) is 0 Å². The van der Waals surface area contributed by atoms with E-state index in [4.69, 9.17) is 9.47 Å². The SMILES string of the molecule is O=C(Nc1cccc(OC[C@@H]2CCCO2)c1)[C@H]1CCCN(C(=O)N2CCCC2)C1. The van der Waals surface area contributed by atoms with Gasteiger partial charge in [-0.15, -0.1) is 0 Å². The molecule has 0 radical (unpaired) electrons. The molecular weight excluding hydrogens is 370 g/mol. The molecule has 3 saturated heterocycles. The van der Waals surface area contributed by atoms with Crippen molar-refractivity contribution in [2.45, 2.75) is 44.6 Å². The van der Waals surface area contributed by atoms with Crippen LogP contribution in [0, 0.1) is 5.92 Å². The van der Waals surface area contributed by atoms with Gasteiger partial charge in [0, 0.05) is 44.5 Å². The smallest absolute Gasteiger partial charge is 0.320 e. The highest BCUT2D eigenvalue weighted by Gasteiger charge is 2.31. The van der Waals surface area contributed by atoms with Crippen molar-refractivity contribution in [3.63, 3.8) is 0 Å². The molecule has 1 aromatic rings. The van der Waals surface area contributed by atoms with Crippen molar-refractivity contribution < 1.29 is 19.1 Å². The van der Waals surface area contributed by atoms with Crippen LogP contribution < -0.4 is 10.1 Å². The summed E-state index contributed by atoms with van der Waals surface area (Å²) >= 11 is 0. The molecule has 4 rings (SSSR count). The summed E-state index contributed by atoms with van der Waals surface area (Å²) in [6, 6.07) is 7.58. The minimum Gasteiger partial charge on any atom is -0.491 e. The lowest BCUT2D eigenvalue weighted by atomic mass is 9.97. The third kappa shape index (κ3) is 5.21. The second-order valence-corrected chi connectivity index (χ2v) is 8.23. The molecule has 3 amide bonds. The summed E-state index contributed by atoms with van der Waals surface area (Å²) in [5.41, 5.74) is 0.725. The number of ether oxygens (including phenoxy) is 2.